The van der Waals surface area contributed by atoms with Crippen molar-refractivity contribution in [3.8, 4) is 11.8 Å². The Labute approximate surface area is 79.2 Å². The van der Waals surface area contributed by atoms with Gasteiger partial charge in [-0.3, -0.25) is 0 Å². The summed E-state index contributed by atoms with van der Waals surface area (Å²) in [6.45, 7) is 3.41. The summed E-state index contributed by atoms with van der Waals surface area (Å²) in [5.41, 5.74) is 0.498. The van der Waals surface area contributed by atoms with Crippen LogP contribution in [0, 0.1) is 11.3 Å². The Bertz CT molecular complexity index is 341. The first-order valence-corrected chi connectivity index (χ1v) is 4.04. The Hall–Kier alpha value is -1.27. The molecule has 0 fully saturated rings. The standard InChI is InChI=1S/C9H6BrNO/c1-2-12-9-5-8(10)4-3-7(9)6-11/h2-5H,1H2. The minimum absolute atomic E-state index is 0.498. The first-order valence-electron chi connectivity index (χ1n) is 3.25. The van der Waals surface area contributed by atoms with Gasteiger partial charge in [0.2, 0.25) is 0 Å². The number of benzene rings is 1. The SMILES string of the molecule is C=COc1cc(Br)ccc1C#N. The number of hydrogen-bond donors (Lipinski definition) is 0. The van der Waals surface area contributed by atoms with Crippen LogP contribution in [0.3, 0.4) is 0 Å². The summed E-state index contributed by atoms with van der Waals surface area (Å²) in [5, 5.41) is 8.66. The molecule has 0 bridgehead atoms. The van der Waals surface area contributed by atoms with Crippen molar-refractivity contribution in [2.45, 2.75) is 0 Å². The Morgan fingerprint density at radius 2 is 2.33 bits per heavy atom. The lowest BCUT2D eigenvalue weighted by molar-refractivity contribution is 0.481. The fourth-order valence-electron chi connectivity index (χ4n) is 0.776. The zero-order valence-corrected chi connectivity index (χ0v) is 7.84. The van der Waals surface area contributed by atoms with Crippen molar-refractivity contribution in [1.29, 1.82) is 5.26 Å². The second kappa shape index (κ2) is 3.93. The molecule has 0 aliphatic carbocycles. The largest absolute Gasteiger partial charge is 0.464 e. The minimum Gasteiger partial charge on any atom is -0.464 e. The van der Waals surface area contributed by atoms with Gasteiger partial charge in [-0.2, -0.15) is 5.26 Å². The molecule has 0 radical (unpaired) electrons. The van der Waals surface area contributed by atoms with Crippen molar-refractivity contribution in [2.24, 2.45) is 0 Å². The number of nitriles is 1. The third-order valence-electron chi connectivity index (χ3n) is 1.27. The van der Waals surface area contributed by atoms with Gasteiger partial charge in [0.25, 0.3) is 0 Å². The molecule has 1 aromatic rings. The number of rotatable bonds is 2. The quantitative estimate of drug-likeness (QED) is 0.723. The molecule has 0 heterocycles. The van der Waals surface area contributed by atoms with E-state index in [0.29, 0.717) is 11.3 Å². The van der Waals surface area contributed by atoms with E-state index in [4.69, 9.17) is 10.00 Å². The molecule has 0 aliphatic heterocycles. The van der Waals surface area contributed by atoms with Gasteiger partial charge in [-0.05, 0) is 18.2 Å². The van der Waals surface area contributed by atoms with Gasteiger partial charge in [0.05, 0.1) is 11.8 Å². The van der Waals surface area contributed by atoms with Gasteiger partial charge in [0.1, 0.15) is 11.8 Å². The molecular formula is C9H6BrNO. The maximum absolute atomic E-state index is 8.66. The van der Waals surface area contributed by atoms with Crippen LogP contribution >= 0.6 is 15.9 Å². The fourth-order valence-corrected chi connectivity index (χ4v) is 1.12. The van der Waals surface area contributed by atoms with Crippen LogP contribution in [0.2, 0.25) is 0 Å². The van der Waals surface area contributed by atoms with E-state index in [0.717, 1.165) is 4.47 Å². The molecule has 0 aromatic heterocycles. The zero-order chi connectivity index (χ0) is 8.97. The summed E-state index contributed by atoms with van der Waals surface area (Å²) in [6.07, 6.45) is 1.29. The molecule has 0 aliphatic rings. The molecule has 1 aromatic carbocycles. The zero-order valence-electron chi connectivity index (χ0n) is 6.25. The molecule has 2 nitrogen and oxygen atoms in total. The van der Waals surface area contributed by atoms with E-state index < -0.39 is 0 Å². The highest BCUT2D eigenvalue weighted by molar-refractivity contribution is 9.10. The number of halogens is 1. The Kier molecular flexibility index (Phi) is 2.89. The summed E-state index contributed by atoms with van der Waals surface area (Å²) in [7, 11) is 0. The maximum Gasteiger partial charge on any atom is 0.145 e. The van der Waals surface area contributed by atoms with E-state index in [1.807, 2.05) is 6.07 Å². The van der Waals surface area contributed by atoms with Crippen molar-refractivity contribution in [2.75, 3.05) is 0 Å². The topological polar surface area (TPSA) is 33.0 Å². The summed E-state index contributed by atoms with van der Waals surface area (Å²) in [6, 6.07) is 7.21. The third-order valence-corrected chi connectivity index (χ3v) is 1.77. The van der Waals surface area contributed by atoms with Crippen molar-refractivity contribution in [3.63, 3.8) is 0 Å². The molecule has 60 valence electrons. The van der Waals surface area contributed by atoms with E-state index in [-0.39, 0.29) is 0 Å². The Morgan fingerprint density at radius 3 is 2.92 bits per heavy atom. The lowest BCUT2D eigenvalue weighted by atomic mass is 10.2. The van der Waals surface area contributed by atoms with E-state index in [1.165, 1.54) is 6.26 Å². The second-order valence-corrected chi connectivity index (χ2v) is 2.95. The molecule has 0 saturated heterocycles. The molecule has 0 unspecified atom stereocenters. The van der Waals surface area contributed by atoms with Gasteiger partial charge in [0, 0.05) is 4.47 Å². The van der Waals surface area contributed by atoms with Crippen LogP contribution in [0.15, 0.2) is 35.5 Å². The van der Waals surface area contributed by atoms with Crippen molar-refractivity contribution < 1.29 is 4.74 Å². The highest BCUT2D eigenvalue weighted by Gasteiger charge is 2.01. The predicted molar refractivity (Wildman–Crippen MR) is 49.7 cm³/mol. The van der Waals surface area contributed by atoms with Crippen LogP contribution in [0.1, 0.15) is 5.56 Å². The van der Waals surface area contributed by atoms with Crippen LogP contribution in [0.5, 0.6) is 5.75 Å². The minimum atomic E-state index is 0.498. The van der Waals surface area contributed by atoms with Crippen molar-refractivity contribution in [3.05, 3.63) is 41.1 Å². The fraction of sp³-hybridized carbons (Fsp3) is 0. The van der Waals surface area contributed by atoms with Gasteiger partial charge < -0.3 is 4.74 Å². The smallest absolute Gasteiger partial charge is 0.145 e. The Balaban J connectivity index is 3.14. The lowest BCUT2D eigenvalue weighted by Gasteiger charge is -2.01. The van der Waals surface area contributed by atoms with Crippen molar-refractivity contribution >= 4 is 15.9 Å². The monoisotopic (exact) mass is 223 g/mol. The summed E-state index contributed by atoms with van der Waals surface area (Å²) in [5.74, 6) is 0.516. The first-order chi connectivity index (χ1) is 5.77. The molecule has 3 heteroatoms. The maximum atomic E-state index is 8.66. The van der Waals surface area contributed by atoms with Crippen LogP contribution in [0.25, 0.3) is 0 Å². The van der Waals surface area contributed by atoms with Crippen LogP contribution < -0.4 is 4.74 Å². The lowest BCUT2D eigenvalue weighted by Crippen LogP contribution is -1.85. The van der Waals surface area contributed by atoms with Crippen LogP contribution in [-0.2, 0) is 0 Å². The molecule has 0 N–H and O–H groups in total. The molecule has 0 spiro atoms. The van der Waals surface area contributed by atoms with Gasteiger partial charge in [-0.15, -0.1) is 0 Å². The molecule has 0 amide bonds. The number of hydrogen-bond acceptors (Lipinski definition) is 2. The van der Waals surface area contributed by atoms with E-state index >= 15 is 0 Å². The highest BCUT2D eigenvalue weighted by Crippen LogP contribution is 2.22. The van der Waals surface area contributed by atoms with E-state index in [9.17, 15) is 0 Å². The van der Waals surface area contributed by atoms with Crippen molar-refractivity contribution in [1.82, 2.24) is 0 Å². The van der Waals surface area contributed by atoms with Gasteiger partial charge in [-0.25, -0.2) is 0 Å². The molecule has 12 heavy (non-hydrogen) atoms. The average molecular weight is 224 g/mol. The molecule has 0 atom stereocenters. The summed E-state index contributed by atoms with van der Waals surface area (Å²) >= 11 is 3.27. The summed E-state index contributed by atoms with van der Waals surface area (Å²) < 4.78 is 5.89. The highest BCUT2D eigenvalue weighted by atomic mass is 79.9. The van der Waals surface area contributed by atoms with E-state index in [1.54, 1.807) is 18.2 Å². The normalized spacial score (nSPS) is 8.67. The van der Waals surface area contributed by atoms with Crippen LogP contribution in [-0.4, -0.2) is 0 Å². The Morgan fingerprint density at radius 1 is 1.58 bits per heavy atom. The molecule has 1 rings (SSSR count). The van der Waals surface area contributed by atoms with Crippen LogP contribution in [0.4, 0.5) is 0 Å². The number of ether oxygens (including phenoxy) is 1. The molecular weight excluding hydrogens is 218 g/mol. The second-order valence-electron chi connectivity index (χ2n) is 2.04. The van der Waals surface area contributed by atoms with Gasteiger partial charge in [-0.1, -0.05) is 22.5 Å². The van der Waals surface area contributed by atoms with E-state index in [2.05, 4.69) is 22.5 Å². The summed E-state index contributed by atoms with van der Waals surface area (Å²) in [4.78, 5) is 0. The first kappa shape index (κ1) is 8.82. The van der Waals surface area contributed by atoms with Gasteiger partial charge >= 0.3 is 0 Å². The third kappa shape index (κ3) is 1.86. The molecule has 0 saturated carbocycles. The predicted octanol–water partition coefficient (Wildman–Crippen LogP) is 2.84. The number of nitrogens with zero attached hydrogens (tertiary/aromatic N) is 1. The average Bonchev–Trinajstić information content (AvgIpc) is 2.05. The van der Waals surface area contributed by atoms with Gasteiger partial charge in [0.15, 0.2) is 0 Å².